The molecule has 0 aliphatic rings. The predicted octanol–water partition coefficient (Wildman–Crippen LogP) is 5.33. The van der Waals surface area contributed by atoms with Crippen LogP contribution < -0.4 is 5.32 Å². The van der Waals surface area contributed by atoms with Crippen molar-refractivity contribution < 1.29 is 9.59 Å². The van der Waals surface area contributed by atoms with Crippen molar-refractivity contribution in [3.05, 3.63) is 58.4 Å². The van der Waals surface area contributed by atoms with Crippen molar-refractivity contribution in [1.29, 1.82) is 0 Å². The number of thioether (sulfide) groups is 1. The largest absolute Gasteiger partial charge is 0.325 e. The first kappa shape index (κ1) is 18.8. The fraction of sp³-hybridized carbons (Fsp3) is 0.211. The van der Waals surface area contributed by atoms with Crippen molar-refractivity contribution in [1.82, 2.24) is 4.98 Å². The van der Waals surface area contributed by atoms with Crippen LogP contribution in [0.1, 0.15) is 29.9 Å². The molecular formula is C19H18N2O2S3. The zero-order valence-electron chi connectivity index (χ0n) is 14.4. The Morgan fingerprint density at radius 1 is 1.19 bits per heavy atom. The Morgan fingerprint density at radius 2 is 1.96 bits per heavy atom. The minimum atomic E-state index is -0.200. The summed E-state index contributed by atoms with van der Waals surface area (Å²) in [5.41, 5.74) is 2.32. The van der Waals surface area contributed by atoms with E-state index in [0.717, 1.165) is 10.7 Å². The topological polar surface area (TPSA) is 59.1 Å². The molecule has 2 aromatic heterocycles. The summed E-state index contributed by atoms with van der Waals surface area (Å²) in [6.45, 7) is 3.41. The van der Waals surface area contributed by atoms with E-state index in [0.29, 0.717) is 17.0 Å². The molecule has 0 radical (unpaired) electrons. The van der Waals surface area contributed by atoms with Crippen molar-refractivity contribution in [2.75, 3.05) is 5.32 Å². The highest BCUT2D eigenvalue weighted by molar-refractivity contribution is 7.99. The van der Waals surface area contributed by atoms with Crippen LogP contribution in [0.2, 0.25) is 0 Å². The van der Waals surface area contributed by atoms with Gasteiger partial charge < -0.3 is 5.32 Å². The van der Waals surface area contributed by atoms with E-state index in [-0.39, 0.29) is 16.9 Å². The second kappa shape index (κ2) is 8.62. The first-order chi connectivity index (χ1) is 12.5. The number of carbonyl (C=O) groups is 2. The van der Waals surface area contributed by atoms with Crippen molar-refractivity contribution in [3.8, 4) is 9.88 Å². The molecule has 0 aliphatic carbocycles. The number of aromatic nitrogens is 1. The van der Waals surface area contributed by atoms with Crippen molar-refractivity contribution >= 4 is 51.8 Å². The van der Waals surface area contributed by atoms with E-state index >= 15 is 0 Å². The van der Waals surface area contributed by atoms with E-state index in [1.54, 1.807) is 58.7 Å². The molecule has 7 heteroatoms. The molecule has 4 nitrogen and oxygen atoms in total. The van der Waals surface area contributed by atoms with E-state index < -0.39 is 0 Å². The normalized spacial score (nSPS) is 11.9. The number of thiazole rings is 1. The summed E-state index contributed by atoms with van der Waals surface area (Å²) in [5.74, 6) is 0.649. The minimum absolute atomic E-state index is 0.0111. The molecule has 1 amide bonds. The van der Waals surface area contributed by atoms with Gasteiger partial charge >= 0.3 is 0 Å². The van der Waals surface area contributed by atoms with Crippen LogP contribution in [0.15, 0.2) is 47.2 Å². The van der Waals surface area contributed by atoms with Crippen LogP contribution in [0.3, 0.4) is 0 Å². The molecule has 0 saturated carbocycles. The Labute approximate surface area is 164 Å². The summed E-state index contributed by atoms with van der Waals surface area (Å²) in [6.07, 6.45) is 0. The average Bonchev–Trinajstić information content (AvgIpc) is 3.31. The third-order valence-corrected chi connectivity index (χ3v) is 6.80. The molecule has 1 N–H and O–H groups in total. The van der Waals surface area contributed by atoms with E-state index in [9.17, 15) is 9.59 Å². The zero-order chi connectivity index (χ0) is 18.5. The Morgan fingerprint density at radius 3 is 2.62 bits per heavy atom. The van der Waals surface area contributed by atoms with Gasteiger partial charge in [-0.3, -0.25) is 9.59 Å². The predicted molar refractivity (Wildman–Crippen MR) is 111 cm³/mol. The summed E-state index contributed by atoms with van der Waals surface area (Å²) in [6, 6.07) is 11.0. The number of thiophene rings is 1. The van der Waals surface area contributed by atoms with Gasteiger partial charge in [-0.25, -0.2) is 4.98 Å². The number of anilines is 1. The lowest BCUT2D eigenvalue weighted by molar-refractivity contribution is -0.115. The monoisotopic (exact) mass is 402 g/mol. The van der Waals surface area contributed by atoms with E-state index in [1.807, 2.05) is 23.8 Å². The Balaban J connectivity index is 1.52. The summed E-state index contributed by atoms with van der Waals surface area (Å²) in [4.78, 5) is 29.4. The van der Waals surface area contributed by atoms with Crippen LogP contribution in [0.5, 0.6) is 0 Å². The lowest BCUT2D eigenvalue weighted by Gasteiger charge is -2.11. The number of Topliss-reactive ketones (excluding diaryl/α,β-unsaturated/α-hetero) is 1. The molecular weight excluding hydrogens is 384 g/mol. The van der Waals surface area contributed by atoms with Crippen LogP contribution in [-0.4, -0.2) is 21.9 Å². The first-order valence-corrected chi connectivity index (χ1v) is 10.9. The second-order valence-corrected chi connectivity index (χ2v) is 8.83. The molecule has 0 fully saturated rings. The minimum Gasteiger partial charge on any atom is -0.325 e. The molecule has 1 atom stereocenters. The number of rotatable bonds is 7. The van der Waals surface area contributed by atoms with Gasteiger partial charge in [0.05, 0.1) is 15.8 Å². The van der Waals surface area contributed by atoms with Gasteiger partial charge in [-0.15, -0.1) is 34.4 Å². The smallest absolute Gasteiger partial charge is 0.237 e. The third-order valence-electron chi connectivity index (χ3n) is 3.69. The second-order valence-electron chi connectivity index (χ2n) is 5.70. The van der Waals surface area contributed by atoms with Crippen molar-refractivity contribution in [2.45, 2.75) is 24.9 Å². The van der Waals surface area contributed by atoms with Crippen LogP contribution in [0.25, 0.3) is 9.88 Å². The molecule has 0 aliphatic heterocycles. The van der Waals surface area contributed by atoms with Gasteiger partial charge in [0.25, 0.3) is 0 Å². The highest BCUT2D eigenvalue weighted by Gasteiger charge is 2.15. The lowest BCUT2D eigenvalue weighted by atomic mass is 10.1. The molecule has 3 rings (SSSR count). The summed E-state index contributed by atoms with van der Waals surface area (Å²) < 4.78 is 0. The number of amides is 1. The Kier molecular flexibility index (Phi) is 6.24. The number of hydrogen-bond acceptors (Lipinski definition) is 6. The number of nitrogens with zero attached hydrogens (tertiary/aromatic N) is 1. The summed E-state index contributed by atoms with van der Waals surface area (Å²) >= 11 is 4.87. The fourth-order valence-electron chi connectivity index (χ4n) is 2.20. The molecule has 0 saturated heterocycles. The first-order valence-electron chi connectivity index (χ1n) is 8.04. The quantitative estimate of drug-likeness (QED) is 0.542. The standard InChI is InChI=1S/C19H18N2O2S3/c1-12(22)14-5-7-15(8-6-14)20-18(23)13(2)25-10-16-11-26-19(21-16)17-4-3-9-24-17/h3-9,11,13H,10H2,1-2H3,(H,20,23)/t13-/m0/s1. The van der Waals surface area contributed by atoms with Crippen LogP contribution in [-0.2, 0) is 10.5 Å². The molecule has 134 valence electrons. The Bertz CT molecular complexity index is 886. The van der Waals surface area contributed by atoms with Crippen LogP contribution in [0, 0.1) is 0 Å². The number of nitrogens with one attached hydrogen (secondary N) is 1. The summed E-state index contributed by atoms with van der Waals surface area (Å²) in [5, 5.41) is 7.80. The Hall–Kier alpha value is -1.96. The van der Waals surface area contributed by atoms with Crippen molar-refractivity contribution in [3.63, 3.8) is 0 Å². The van der Waals surface area contributed by atoms with E-state index in [2.05, 4.69) is 16.4 Å². The van der Waals surface area contributed by atoms with Gasteiger partial charge in [0.2, 0.25) is 5.91 Å². The van der Waals surface area contributed by atoms with Gasteiger partial charge in [0, 0.05) is 22.4 Å². The molecule has 0 spiro atoms. The molecule has 0 unspecified atom stereocenters. The number of hydrogen-bond donors (Lipinski definition) is 1. The fourth-order valence-corrected chi connectivity index (χ4v) is 4.72. The molecule has 3 aromatic rings. The van der Waals surface area contributed by atoms with E-state index in [4.69, 9.17) is 0 Å². The van der Waals surface area contributed by atoms with Crippen LogP contribution >= 0.6 is 34.4 Å². The summed E-state index contributed by atoms with van der Waals surface area (Å²) in [7, 11) is 0. The number of ketones is 1. The molecule has 26 heavy (non-hydrogen) atoms. The average molecular weight is 403 g/mol. The van der Waals surface area contributed by atoms with E-state index in [1.165, 1.54) is 11.8 Å². The van der Waals surface area contributed by atoms with Crippen LogP contribution in [0.4, 0.5) is 5.69 Å². The maximum absolute atomic E-state index is 12.3. The molecule has 0 bridgehead atoms. The maximum atomic E-state index is 12.3. The number of carbonyl (C=O) groups excluding carboxylic acids is 2. The van der Waals surface area contributed by atoms with Gasteiger partial charge in [-0.1, -0.05) is 6.07 Å². The third kappa shape index (κ3) is 4.81. The van der Waals surface area contributed by atoms with Gasteiger partial charge in [0.1, 0.15) is 5.01 Å². The highest BCUT2D eigenvalue weighted by Crippen LogP contribution is 2.29. The van der Waals surface area contributed by atoms with Gasteiger partial charge in [-0.05, 0) is 49.6 Å². The molecule has 2 heterocycles. The lowest BCUT2D eigenvalue weighted by Crippen LogP contribution is -2.22. The zero-order valence-corrected chi connectivity index (χ0v) is 16.8. The van der Waals surface area contributed by atoms with Crippen molar-refractivity contribution in [2.24, 2.45) is 0 Å². The van der Waals surface area contributed by atoms with Gasteiger partial charge in [0.15, 0.2) is 5.78 Å². The number of benzene rings is 1. The SMILES string of the molecule is CC(=O)c1ccc(NC(=O)[C@H](C)SCc2csc(-c3cccs3)n2)cc1. The molecule has 1 aromatic carbocycles. The van der Waals surface area contributed by atoms with Gasteiger partial charge in [-0.2, -0.15) is 0 Å². The highest BCUT2D eigenvalue weighted by atomic mass is 32.2. The maximum Gasteiger partial charge on any atom is 0.237 e.